The molecule has 0 aliphatic heterocycles. The largest absolute Gasteiger partial charge is 0.497 e. The lowest BCUT2D eigenvalue weighted by molar-refractivity contribution is 0.415. The van der Waals surface area contributed by atoms with Crippen LogP contribution in [0.1, 0.15) is 17.8 Å². The Morgan fingerprint density at radius 2 is 2.00 bits per heavy atom. The third kappa shape index (κ3) is 3.23. The molecular formula is C13H14BrNOS. The third-order valence-corrected chi connectivity index (χ3v) is 4.36. The first-order valence-electron chi connectivity index (χ1n) is 5.33. The number of nitrogens with one attached hydrogen (secondary N) is 1. The van der Waals surface area contributed by atoms with Crippen molar-refractivity contribution in [1.29, 1.82) is 0 Å². The second kappa shape index (κ2) is 5.56. The van der Waals surface area contributed by atoms with Crippen molar-refractivity contribution in [2.24, 2.45) is 0 Å². The number of methoxy groups -OCH3 is 1. The molecular weight excluding hydrogens is 298 g/mol. The van der Waals surface area contributed by atoms with Crippen LogP contribution in [-0.2, 0) is 0 Å². The highest BCUT2D eigenvalue weighted by Crippen LogP contribution is 2.28. The number of hydrogen-bond acceptors (Lipinski definition) is 3. The molecule has 0 aliphatic rings. The number of benzene rings is 1. The zero-order valence-corrected chi connectivity index (χ0v) is 12.1. The van der Waals surface area contributed by atoms with Gasteiger partial charge >= 0.3 is 0 Å². The molecule has 0 amide bonds. The number of ether oxygens (including phenoxy) is 1. The van der Waals surface area contributed by atoms with E-state index in [1.165, 1.54) is 4.88 Å². The fourth-order valence-electron chi connectivity index (χ4n) is 1.56. The number of thiophene rings is 1. The van der Waals surface area contributed by atoms with E-state index in [1.54, 1.807) is 18.4 Å². The molecule has 17 heavy (non-hydrogen) atoms. The van der Waals surface area contributed by atoms with Crippen molar-refractivity contribution in [2.45, 2.75) is 13.0 Å². The molecule has 0 saturated heterocycles. The van der Waals surface area contributed by atoms with Gasteiger partial charge in [0.2, 0.25) is 0 Å². The lowest BCUT2D eigenvalue weighted by Crippen LogP contribution is -2.04. The molecule has 1 aromatic heterocycles. The number of anilines is 1. The molecule has 1 heterocycles. The van der Waals surface area contributed by atoms with E-state index >= 15 is 0 Å². The maximum Gasteiger partial charge on any atom is 0.119 e. The fourth-order valence-corrected chi connectivity index (χ4v) is 3.02. The van der Waals surface area contributed by atoms with Crippen LogP contribution in [0.15, 0.2) is 40.2 Å². The molecule has 0 saturated carbocycles. The first-order chi connectivity index (χ1) is 8.19. The van der Waals surface area contributed by atoms with Gasteiger partial charge in [-0.2, -0.15) is 0 Å². The van der Waals surface area contributed by atoms with E-state index in [-0.39, 0.29) is 0 Å². The van der Waals surface area contributed by atoms with Crippen molar-refractivity contribution >= 4 is 33.0 Å². The molecule has 1 atom stereocenters. The average molecular weight is 312 g/mol. The summed E-state index contributed by atoms with van der Waals surface area (Å²) in [5.74, 6) is 0.877. The van der Waals surface area contributed by atoms with Crippen LogP contribution in [0, 0.1) is 0 Å². The summed E-state index contributed by atoms with van der Waals surface area (Å²) in [4.78, 5) is 1.31. The van der Waals surface area contributed by atoms with Crippen LogP contribution >= 0.6 is 27.3 Å². The van der Waals surface area contributed by atoms with Crippen molar-refractivity contribution in [2.75, 3.05) is 12.4 Å². The van der Waals surface area contributed by atoms with Crippen LogP contribution in [0.4, 0.5) is 5.69 Å². The Labute approximate surface area is 114 Å². The van der Waals surface area contributed by atoms with Gasteiger partial charge < -0.3 is 10.1 Å². The molecule has 1 unspecified atom stereocenters. The minimum atomic E-state index is 0.305. The van der Waals surface area contributed by atoms with Crippen LogP contribution in [0.2, 0.25) is 0 Å². The van der Waals surface area contributed by atoms with Crippen molar-refractivity contribution in [3.63, 3.8) is 0 Å². The molecule has 90 valence electrons. The third-order valence-electron chi connectivity index (χ3n) is 2.49. The van der Waals surface area contributed by atoms with Gasteiger partial charge in [-0.3, -0.25) is 0 Å². The maximum atomic E-state index is 5.13. The van der Waals surface area contributed by atoms with Gasteiger partial charge in [0, 0.05) is 20.4 Å². The molecule has 2 nitrogen and oxygen atoms in total. The monoisotopic (exact) mass is 311 g/mol. The first kappa shape index (κ1) is 12.5. The predicted octanol–water partition coefficient (Wildman–Crippen LogP) is 4.69. The lowest BCUT2D eigenvalue weighted by Gasteiger charge is -2.13. The summed E-state index contributed by atoms with van der Waals surface area (Å²) in [6.07, 6.45) is 0. The Morgan fingerprint density at radius 3 is 2.53 bits per heavy atom. The van der Waals surface area contributed by atoms with Crippen LogP contribution in [0.25, 0.3) is 0 Å². The van der Waals surface area contributed by atoms with Crippen LogP contribution in [0.3, 0.4) is 0 Å². The summed E-state index contributed by atoms with van der Waals surface area (Å²) in [5.41, 5.74) is 1.10. The van der Waals surface area contributed by atoms with Crippen molar-refractivity contribution in [3.8, 4) is 5.75 Å². The minimum absolute atomic E-state index is 0.305. The van der Waals surface area contributed by atoms with Crippen LogP contribution in [-0.4, -0.2) is 7.11 Å². The van der Waals surface area contributed by atoms with Gasteiger partial charge in [-0.15, -0.1) is 11.3 Å². The number of halogens is 1. The maximum absolute atomic E-state index is 5.13. The van der Waals surface area contributed by atoms with E-state index in [4.69, 9.17) is 4.74 Å². The van der Waals surface area contributed by atoms with E-state index in [0.717, 1.165) is 15.9 Å². The van der Waals surface area contributed by atoms with Gasteiger partial charge in [-0.05, 0) is 53.2 Å². The highest BCUT2D eigenvalue weighted by Gasteiger charge is 2.07. The standard InChI is InChI=1S/C13H14BrNOS/c1-9(13-7-10(14)8-17-13)15-11-3-5-12(16-2)6-4-11/h3-9,15H,1-2H3. The Hall–Kier alpha value is -1.00. The van der Waals surface area contributed by atoms with Crippen LogP contribution in [0.5, 0.6) is 5.75 Å². The molecule has 0 spiro atoms. The Kier molecular flexibility index (Phi) is 4.07. The number of rotatable bonds is 4. The van der Waals surface area contributed by atoms with Gasteiger partial charge in [-0.25, -0.2) is 0 Å². The van der Waals surface area contributed by atoms with Gasteiger partial charge in [0.25, 0.3) is 0 Å². The molecule has 2 aromatic rings. The lowest BCUT2D eigenvalue weighted by atomic mass is 10.2. The summed E-state index contributed by atoms with van der Waals surface area (Å²) in [7, 11) is 1.67. The SMILES string of the molecule is COc1ccc(NC(C)c2cc(Br)cs2)cc1. The summed E-state index contributed by atoms with van der Waals surface area (Å²) in [6.45, 7) is 2.16. The predicted molar refractivity (Wildman–Crippen MR) is 77.1 cm³/mol. The molecule has 1 N–H and O–H groups in total. The van der Waals surface area contributed by atoms with Crippen LogP contribution < -0.4 is 10.1 Å². The molecule has 1 aromatic carbocycles. The molecule has 0 fully saturated rings. The van der Waals surface area contributed by atoms with E-state index in [2.05, 4.69) is 39.6 Å². The summed E-state index contributed by atoms with van der Waals surface area (Å²) in [5, 5.41) is 5.56. The molecule has 0 aliphatic carbocycles. The highest BCUT2D eigenvalue weighted by atomic mass is 79.9. The summed E-state index contributed by atoms with van der Waals surface area (Å²) >= 11 is 5.22. The second-order valence-electron chi connectivity index (χ2n) is 3.76. The van der Waals surface area contributed by atoms with E-state index < -0.39 is 0 Å². The summed E-state index contributed by atoms with van der Waals surface area (Å²) < 4.78 is 6.27. The van der Waals surface area contributed by atoms with Gasteiger partial charge in [-0.1, -0.05) is 0 Å². The molecule has 0 bridgehead atoms. The number of hydrogen-bond donors (Lipinski definition) is 1. The van der Waals surface area contributed by atoms with E-state index in [1.807, 2.05) is 24.3 Å². The van der Waals surface area contributed by atoms with Crippen molar-refractivity contribution < 1.29 is 4.74 Å². The van der Waals surface area contributed by atoms with Gasteiger partial charge in [0.1, 0.15) is 5.75 Å². The van der Waals surface area contributed by atoms with Crippen molar-refractivity contribution in [1.82, 2.24) is 0 Å². The smallest absolute Gasteiger partial charge is 0.119 e. The molecule has 2 rings (SSSR count). The fraction of sp³-hybridized carbons (Fsp3) is 0.231. The summed E-state index contributed by atoms with van der Waals surface area (Å²) in [6, 6.07) is 10.4. The van der Waals surface area contributed by atoms with E-state index in [9.17, 15) is 0 Å². The molecule has 0 radical (unpaired) electrons. The van der Waals surface area contributed by atoms with Crippen molar-refractivity contribution in [3.05, 3.63) is 45.1 Å². The topological polar surface area (TPSA) is 21.3 Å². The minimum Gasteiger partial charge on any atom is -0.497 e. The Bertz CT molecular complexity index is 480. The van der Waals surface area contributed by atoms with E-state index in [0.29, 0.717) is 6.04 Å². The second-order valence-corrected chi connectivity index (χ2v) is 5.62. The highest BCUT2D eigenvalue weighted by molar-refractivity contribution is 9.10. The Balaban J connectivity index is 2.04. The zero-order chi connectivity index (χ0) is 12.3. The quantitative estimate of drug-likeness (QED) is 0.884. The average Bonchev–Trinajstić information content (AvgIpc) is 2.77. The van der Waals surface area contributed by atoms with Gasteiger partial charge in [0.05, 0.1) is 13.2 Å². The first-order valence-corrected chi connectivity index (χ1v) is 7.01. The zero-order valence-electron chi connectivity index (χ0n) is 9.74. The van der Waals surface area contributed by atoms with Gasteiger partial charge in [0.15, 0.2) is 0 Å². The Morgan fingerprint density at radius 1 is 1.29 bits per heavy atom. The molecule has 4 heteroatoms. The normalized spacial score (nSPS) is 12.2.